The smallest absolute Gasteiger partial charge is 0.130 e. The third-order valence-electron chi connectivity index (χ3n) is 3.97. The number of aryl methyl sites for hydroxylation is 2. The Morgan fingerprint density at radius 3 is 2.48 bits per heavy atom. The Bertz CT molecular complexity index is 740. The van der Waals surface area contributed by atoms with E-state index in [1.165, 1.54) is 0 Å². The van der Waals surface area contributed by atoms with Gasteiger partial charge < -0.3 is 15.5 Å². The van der Waals surface area contributed by atoms with E-state index in [1.807, 2.05) is 13.0 Å². The van der Waals surface area contributed by atoms with E-state index in [0.717, 1.165) is 16.7 Å². The second kappa shape index (κ2) is 6.84. The van der Waals surface area contributed by atoms with Crippen molar-refractivity contribution in [2.24, 2.45) is 0 Å². The Labute approximate surface area is 136 Å². The van der Waals surface area contributed by atoms with Gasteiger partial charge in [-0.1, -0.05) is 12.6 Å². The van der Waals surface area contributed by atoms with E-state index >= 15 is 0 Å². The first kappa shape index (κ1) is 17.0. The number of aliphatic hydroxyl groups is 1. The molecule has 0 radical (unpaired) electrons. The molecular formula is C19H22FNO2. The van der Waals surface area contributed by atoms with Gasteiger partial charge in [-0.05, 0) is 67.4 Å². The fraction of sp³-hybridized carbons (Fsp3) is 0.263. The molecule has 0 bridgehead atoms. The van der Waals surface area contributed by atoms with Crippen molar-refractivity contribution >= 4 is 0 Å². The minimum atomic E-state index is -0.358. The van der Waals surface area contributed by atoms with Crippen LogP contribution in [0.3, 0.4) is 0 Å². The predicted octanol–water partition coefficient (Wildman–Crippen LogP) is 4.54. The van der Waals surface area contributed by atoms with Gasteiger partial charge in [0.1, 0.15) is 11.6 Å². The summed E-state index contributed by atoms with van der Waals surface area (Å²) in [4.78, 5) is 0. The first-order chi connectivity index (χ1) is 10.8. The monoisotopic (exact) mass is 315 g/mol. The number of nitrogens with one attached hydrogen (secondary N) is 1. The van der Waals surface area contributed by atoms with Crippen LogP contribution >= 0.6 is 0 Å². The lowest BCUT2D eigenvalue weighted by atomic mass is 9.92. The van der Waals surface area contributed by atoms with Crippen LogP contribution in [0.5, 0.6) is 5.75 Å². The van der Waals surface area contributed by atoms with Crippen LogP contribution in [0.4, 0.5) is 4.39 Å². The van der Waals surface area contributed by atoms with Crippen LogP contribution in [0, 0.1) is 19.7 Å². The number of rotatable bonds is 5. The topological polar surface area (TPSA) is 52.5 Å². The SMILES string of the molecule is C=C(O)C[C@H](NC)c1cc(-c2ccc(O)cc2C)cc(C)c1F. The molecule has 2 aromatic carbocycles. The number of benzene rings is 2. The average Bonchev–Trinajstić information content (AvgIpc) is 2.47. The van der Waals surface area contributed by atoms with Crippen molar-refractivity contribution in [3.63, 3.8) is 0 Å². The average molecular weight is 315 g/mol. The molecule has 3 N–H and O–H groups in total. The summed E-state index contributed by atoms with van der Waals surface area (Å²) in [5, 5.41) is 22.0. The van der Waals surface area contributed by atoms with Gasteiger partial charge in [-0.3, -0.25) is 0 Å². The van der Waals surface area contributed by atoms with Crippen LogP contribution < -0.4 is 5.32 Å². The third-order valence-corrected chi connectivity index (χ3v) is 3.97. The second-order valence-corrected chi connectivity index (χ2v) is 5.81. The van der Waals surface area contributed by atoms with Gasteiger partial charge in [0.05, 0.1) is 5.76 Å². The Balaban J connectivity index is 2.57. The molecule has 0 saturated carbocycles. The van der Waals surface area contributed by atoms with Gasteiger partial charge in [0.2, 0.25) is 0 Å². The van der Waals surface area contributed by atoms with Crippen molar-refractivity contribution in [2.45, 2.75) is 26.3 Å². The Morgan fingerprint density at radius 1 is 1.22 bits per heavy atom. The summed E-state index contributed by atoms with van der Waals surface area (Å²) in [6.45, 7) is 7.11. The molecule has 0 fully saturated rings. The van der Waals surface area contributed by atoms with Crippen LogP contribution in [0.25, 0.3) is 11.1 Å². The normalized spacial score (nSPS) is 12.2. The zero-order valence-electron chi connectivity index (χ0n) is 13.7. The highest BCUT2D eigenvalue weighted by molar-refractivity contribution is 5.69. The molecule has 2 aromatic rings. The van der Waals surface area contributed by atoms with E-state index in [2.05, 4.69) is 11.9 Å². The highest BCUT2D eigenvalue weighted by atomic mass is 19.1. The Kier molecular flexibility index (Phi) is 5.06. The van der Waals surface area contributed by atoms with Gasteiger partial charge in [0.25, 0.3) is 0 Å². The minimum absolute atomic E-state index is 0.00706. The maximum Gasteiger partial charge on any atom is 0.130 e. The van der Waals surface area contributed by atoms with Gasteiger partial charge in [-0.15, -0.1) is 0 Å². The van der Waals surface area contributed by atoms with Crippen molar-refractivity contribution in [2.75, 3.05) is 7.05 Å². The van der Waals surface area contributed by atoms with Gasteiger partial charge in [0, 0.05) is 18.0 Å². The molecule has 0 saturated heterocycles. The number of aromatic hydroxyl groups is 1. The molecule has 4 heteroatoms. The standard InChI is InChI=1S/C19H22FNO2/c1-11-8-15(23)5-6-16(11)14-7-12(2)19(20)17(10-14)18(21-4)9-13(3)22/h5-8,10,18,21-23H,3,9H2,1-2,4H3/t18-/m0/s1. The number of hydrogen-bond acceptors (Lipinski definition) is 3. The summed E-state index contributed by atoms with van der Waals surface area (Å²) in [5.74, 6) is -0.0756. The van der Waals surface area contributed by atoms with Crippen LogP contribution in [0.1, 0.15) is 29.2 Å². The van der Waals surface area contributed by atoms with Crippen LogP contribution in [0.15, 0.2) is 42.7 Å². The molecule has 0 heterocycles. The molecule has 0 unspecified atom stereocenters. The highest BCUT2D eigenvalue weighted by Gasteiger charge is 2.18. The summed E-state index contributed by atoms with van der Waals surface area (Å²) in [5.41, 5.74) is 3.75. The number of phenolic OH excluding ortho intramolecular Hbond substituents is 1. The maximum absolute atomic E-state index is 14.6. The van der Waals surface area contributed by atoms with E-state index in [1.54, 1.807) is 38.2 Å². The van der Waals surface area contributed by atoms with Gasteiger partial charge in [-0.25, -0.2) is 4.39 Å². The van der Waals surface area contributed by atoms with Crippen molar-refractivity contribution < 1.29 is 14.6 Å². The Morgan fingerprint density at radius 2 is 1.91 bits per heavy atom. The first-order valence-electron chi connectivity index (χ1n) is 7.47. The number of aliphatic hydroxyl groups excluding tert-OH is 1. The van der Waals surface area contributed by atoms with Gasteiger partial charge >= 0.3 is 0 Å². The summed E-state index contributed by atoms with van der Waals surface area (Å²) >= 11 is 0. The number of hydrogen-bond donors (Lipinski definition) is 3. The van der Waals surface area contributed by atoms with Crippen LogP contribution in [-0.2, 0) is 0 Å². The summed E-state index contributed by atoms with van der Waals surface area (Å²) in [6.07, 6.45) is 0.241. The second-order valence-electron chi connectivity index (χ2n) is 5.81. The molecule has 0 aromatic heterocycles. The van der Waals surface area contributed by atoms with Crippen molar-refractivity contribution in [1.82, 2.24) is 5.32 Å². The molecule has 1 atom stereocenters. The highest BCUT2D eigenvalue weighted by Crippen LogP contribution is 2.32. The van der Waals surface area contributed by atoms with E-state index in [4.69, 9.17) is 0 Å². The number of halogens is 1. The van der Waals surface area contributed by atoms with Crippen LogP contribution in [-0.4, -0.2) is 17.3 Å². The molecule has 0 spiro atoms. The summed E-state index contributed by atoms with van der Waals surface area (Å²) < 4.78 is 14.6. The molecule has 122 valence electrons. The fourth-order valence-electron chi connectivity index (χ4n) is 2.78. The van der Waals surface area contributed by atoms with E-state index in [0.29, 0.717) is 11.1 Å². The fourth-order valence-corrected chi connectivity index (χ4v) is 2.78. The zero-order chi connectivity index (χ0) is 17.1. The lowest BCUT2D eigenvalue weighted by Gasteiger charge is -2.19. The first-order valence-corrected chi connectivity index (χ1v) is 7.47. The third kappa shape index (κ3) is 3.71. The summed E-state index contributed by atoms with van der Waals surface area (Å²) in [7, 11) is 1.72. The minimum Gasteiger partial charge on any atom is -0.513 e. The van der Waals surface area contributed by atoms with Gasteiger partial charge in [-0.2, -0.15) is 0 Å². The molecule has 0 aliphatic carbocycles. The van der Waals surface area contributed by atoms with Crippen molar-refractivity contribution in [3.05, 3.63) is 65.2 Å². The molecule has 0 amide bonds. The molecule has 0 aliphatic rings. The predicted molar refractivity (Wildman–Crippen MR) is 91.2 cm³/mol. The van der Waals surface area contributed by atoms with Crippen molar-refractivity contribution in [3.8, 4) is 16.9 Å². The lowest BCUT2D eigenvalue weighted by Crippen LogP contribution is -2.19. The molecule has 23 heavy (non-hydrogen) atoms. The maximum atomic E-state index is 14.6. The molecule has 0 aliphatic heterocycles. The molecular weight excluding hydrogens is 293 g/mol. The molecule has 3 nitrogen and oxygen atoms in total. The zero-order valence-corrected chi connectivity index (χ0v) is 13.7. The lowest BCUT2D eigenvalue weighted by molar-refractivity contribution is 0.363. The largest absolute Gasteiger partial charge is 0.513 e. The van der Waals surface area contributed by atoms with E-state index in [9.17, 15) is 14.6 Å². The van der Waals surface area contributed by atoms with E-state index in [-0.39, 0.29) is 29.8 Å². The number of phenols is 1. The van der Waals surface area contributed by atoms with E-state index < -0.39 is 0 Å². The van der Waals surface area contributed by atoms with Crippen LogP contribution in [0.2, 0.25) is 0 Å². The van der Waals surface area contributed by atoms with Crippen molar-refractivity contribution in [1.29, 1.82) is 0 Å². The molecule has 2 rings (SSSR count). The Hall–Kier alpha value is -2.33. The summed E-state index contributed by atoms with van der Waals surface area (Å²) in [6, 6.07) is 8.33. The van der Waals surface area contributed by atoms with Gasteiger partial charge in [0.15, 0.2) is 0 Å². The quantitative estimate of drug-likeness (QED) is 0.710.